The van der Waals surface area contributed by atoms with E-state index in [9.17, 15) is 18.3 Å². The molecule has 0 unspecified atom stereocenters. The predicted molar refractivity (Wildman–Crippen MR) is 74.1 cm³/mol. The largest absolute Gasteiger partial charge is 0.504 e. The Hall–Kier alpha value is -1.98. The van der Waals surface area contributed by atoms with E-state index >= 15 is 0 Å². The predicted octanol–water partition coefficient (Wildman–Crippen LogP) is 4.34. The molecule has 0 amide bonds. The van der Waals surface area contributed by atoms with Gasteiger partial charge in [-0.25, -0.2) is 0 Å². The van der Waals surface area contributed by atoms with Crippen molar-refractivity contribution < 1.29 is 18.3 Å². The Balaban J connectivity index is 2.70. The summed E-state index contributed by atoms with van der Waals surface area (Å²) in [4.78, 5) is 0. The maximum absolute atomic E-state index is 13.1. The van der Waals surface area contributed by atoms with Gasteiger partial charge in [-0.3, -0.25) is 4.68 Å². The first-order valence-corrected chi connectivity index (χ1v) is 6.49. The highest BCUT2D eigenvalue weighted by molar-refractivity contribution is 5.71. The van der Waals surface area contributed by atoms with E-state index < -0.39 is 17.3 Å². The summed E-state index contributed by atoms with van der Waals surface area (Å²) in [6, 6.07) is 5.12. The standard InChI is InChI=1S/C15H17F3N2O/c1-9-13(21)12(19-20(9)14(2,3)4)10-7-5-6-8-11(10)15(16,17)18/h5-8,21H,1-4H3. The smallest absolute Gasteiger partial charge is 0.417 e. The van der Waals surface area contributed by atoms with Crippen LogP contribution in [0.5, 0.6) is 5.75 Å². The molecule has 6 heteroatoms. The van der Waals surface area contributed by atoms with E-state index in [1.807, 2.05) is 20.8 Å². The van der Waals surface area contributed by atoms with Gasteiger partial charge >= 0.3 is 6.18 Å². The summed E-state index contributed by atoms with van der Waals surface area (Å²) in [7, 11) is 0. The Morgan fingerprint density at radius 1 is 1.10 bits per heavy atom. The second-order valence-electron chi connectivity index (χ2n) is 5.91. The minimum absolute atomic E-state index is 0.0460. The van der Waals surface area contributed by atoms with Crippen LogP contribution in [-0.4, -0.2) is 14.9 Å². The molecule has 21 heavy (non-hydrogen) atoms. The number of nitrogens with zero attached hydrogens (tertiary/aromatic N) is 2. The van der Waals surface area contributed by atoms with E-state index in [0.29, 0.717) is 5.69 Å². The Labute approximate surface area is 121 Å². The zero-order valence-corrected chi connectivity index (χ0v) is 12.3. The number of hydrogen-bond donors (Lipinski definition) is 1. The molecule has 0 saturated heterocycles. The van der Waals surface area contributed by atoms with Crippen LogP contribution < -0.4 is 0 Å². The second kappa shape index (κ2) is 4.79. The average molecular weight is 298 g/mol. The fourth-order valence-corrected chi connectivity index (χ4v) is 2.27. The van der Waals surface area contributed by atoms with Gasteiger partial charge in [0.25, 0.3) is 0 Å². The summed E-state index contributed by atoms with van der Waals surface area (Å²) >= 11 is 0. The summed E-state index contributed by atoms with van der Waals surface area (Å²) in [5, 5.41) is 14.4. The number of aromatic hydroxyl groups is 1. The number of benzene rings is 1. The van der Waals surface area contributed by atoms with Crippen LogP contribution in [0.2, 0.25) is 0 Å². The van der Waals surface area contributed by atoms with Gasteiger partial charge in [0.15, 0.2) is 5.75 Å². The molecule has 1 N–H and O–H groups in total. The van der Waals surface area contributed by atoms with Crippen molar-refractivity contribution in [3.05, 3.63) is 35.5 Å². The lowest BCUT2D eigenvalue weighted by Crippen LogP contribution is -2.24. The number of hydrogen-bond acceptors (Lipinski definition) is 2. The fourth-order valence-electron chi connectivity index (χ4n) is 2.27. The normalized spacial score (nSPS) is 12.7. The van der Waals surface area contributed by atoms with Crippen LogP contribution in [0.4, 0.5) is 13.2 Å². The Morgan fingerprint density at radius 3 is 2.14 bits per heavy atom. The van der Waals surface area contributed by atoms with Gasteiger partial charge in [-0.15, -0.1) is 0 Å². The van der Waals surface area contributed by atoms with Crippen LogP contribution in [0.25, 0.3) is 11.3 Å². The highest BCUT2D eigenvalue weighted by Crippen LogP contribution is 2.41. The van der Waals surface area contributed by atoms with Gasteiger partial charge in [0.2, 0.25) is 0 Å². The topological polar surface area (TPSA) is 38.1 Å². The summed E-state index contributed by atoms with van der Waals surface area (Å²) in [5.41, 5.74) is -0.968. The van der Waals surface area contributed by atoms with Crippen LogP contribution >= 0.6 is 0 Å². The SMILES string of the molecule is Cc1c(O)c(-c2ccccc2C(F)(F)F)nn1C(C)(C)C. The highest BCUT2D eigenvalue weighted by atomic mass is 19.4. The number of rotatable bonds is 1. The lowest BCUT2D eigenvalue weighted by atomic mass is 10.0. The Kier molecular flexibility index (Phi) is 3.51. The maximum atomic E-state index is 13.1. The van der Waals surface area contributed by atoms with Crippen LogP contribution in [0.3, 0.4) is 0 Å². The molecule has 2 rings (SSSR count). The zero-order chi connectivity index (χ0) is 16.0. The van der Waals surface area contributed by atoms with Gasteiger partial charge in [-0.2, -0.15) is 18.3 Å². The molecule has 1 aromatic heterocycles. The molecule has 1 heterocycles. The van der Waals surface area contributed by atoms with Crippen molar-refractivity contribution in [2.24, 2.45) is 0 Å². The fraction of sp³-hybridized carbons (Fsp3) is 0.400. The van der Waals surface area contributed by atoms with Gasteiger partial charge in [-0.1, -0.05) is 18.2 Å². The van der Waals surface area contributed by atoms with Crippen molar-refractivity contribution in [1.29, 1.82) is 0 Å². The summed E-state index contributed by atoms with van der Waals surface area (Å²) in [6.07, 6.45) is -4.50. The van der Waals surface area contributed by atoms with E-state index in [-0.39, 0.29) is 17.0 Å². The first kappa shape index (κ1) is 15.4. The first-order valence-electron chi connectivity index (χ1n) is 6.49. The Bertz CT molecular complexity index is 667. The third-order valence-corrected chi connectivity index (χ3v) is 3.21. The molecule has 0 aliphatic carbocycles. The molecule has 0 aliphatic rings. The lowest BCUT2D eigenvalue weighted by molar-refractivity contribution is -0.137. The van der Waals surface area contributed by atoms with E-state index in [1.165, 1.54) is 22.9 Å². The quantitative estimate of drug-likeness (QED) is 0.850. The van der Waals surface area contributed by atoms with Gasteiger partial charge in [0.05, 0.1) is 16.8 Å². The molecular formula is C15H17F3N2O. The average Bonchev–Trinajstić information content (AvgIpc) is 2.65. The van der Waals surface area contributed by atoms with Crippen molar-refractivity contribution in [2.45, 2.75) is 39.4 Å². The van der Waals surface area contributed by atoms with E-state index in [4.69, 9.17) is 0 Å². The van der Waals surface area contributed by atoms with Crippen molar-refractivity contribution in [2.75, 3.05) is 0 Å². The minimum Gasteiger partial charge on any atom is -0.504 e. The van der Waals surface area contributed by atoms with Crippen molar-refractivity contribution in [1.82, 2.24) is 9.78 Å². The number of alkyl halides is 3. The van der Waals surface area contributed by atoms with E-state index in [2.05, 4.69) is 5.10 Å². The van der Waals surface area contributed by atoms with Gasteiger partial charge in [-0.05, 0) is 33.8 Å². The number of aromatic nitrogens is 2. The maximum Gasteiger partial charge on any atom is 0.417 e. The van der Waals surface area contributed by atoms with Crippen LogP contribution in [0.15, 0.2) is 24.3 Å². The minimum atomic E-state index is -4.50. The molecular weight excluding hydrogens is 281 g/mol. The zero-order valence-electron chi connectivity index (χ0n) is 12.3. The molecule has 2 aromatic rings. The summed E-state index contributed by atoms with van der Waals surface area (Å²) < 4.78 is 40.8. The second-order valence-corrected chi connectivity index (χ2v) is 5.91. The molecule has 0 fully saturated rings. The third kappa shape index (κ3) is 2.75. The van der Waals surface area contributed by atoms with Crippen molar-refractivity contribution in [3.63, 3.8) is 0 Å². The van der Waals surface area contributed by atoms with Gasteiger partial charge in [0.1, 0.15) is 5.69 Å². The summed E-state index contributed by atoms with van der Waals surface area (Å²) in [5.74, 6) is -0.221. The molecule has 0 spiro atoms. The molecule has 0 atom stereocenters. The van der Waals surface area contributed by atoms with Gasteiger partial charge < -0.3 is 5.11 Å². The third-order valence-electron chi connectivity index (χ3n) is 3.21. The first-order chi connectivity index (χ1) is 9.53. The monoisotopic (exact) mass is 298 g/mol. The van der Waals surface area contributed by atoms with Crippen molar-refractivity contribution >= 4 is 0 Å². The van der Waals surface area contributed by atoms with E-state index in [1.54, 1.807) is 6.92 Å². The van der Waals surface area contributed by atoms with Gasteiger partial charge in [0, 0.05) is 5.56 Å². The van der Waals surface area contributed by atoms with Crippen LogP contribution in [-0.2, 0) is 11.7 Å². The van der Waals surface area contributed by atoms with Crippen LogP contribution in [0.1, 0.15) is 32.0 Å². The summed E-state index contributed by atoms with van der Waals surface area (Å²) in [6.45, 7) is 7.23. The molecule has 0 bridgehead atoms. The van der Waals surface area contributed by atoms with Crippen molar-refractivity contribution in [3.8, 4) is 17.0 Å². The molecule has 0 radical (unpaired) electrons. The number of halogens is 3. The molecule has 0 saturated carbocycles. The molecule has 114 valence electrons. The molecule has 1 aromatic carbocycles. The Morgan fingerprint density at radius 2 is 1.67 bits per heavy atom. The van der Waals surface area contributed by atoms with Crippen LogP contribution in [0, 0.1) is 6.92 Å². The molecule has 0 aliphatic heterocycles. The lowest BCUT2D eigenvalue weighted by Gasteiger charge is -2.21. The highest BCUT2D eigenvalue weighted by Gasteiger charge is 2.35. The molecule has 3 nitrogen and oxygen atoms in total. The van der Waals surface area contributed by atoms with E-state index in [0.717, 1.165) is 6.07 Å².